The second-order valence-corrected chi connectivity index (χ2v) is 2.85. The summed E-state index contributed by atoms with van der Waals surface area (Å²) in [5, 5.41) is 10.7. The van der Waals surface area contributed by atoms with Crippen LogP contribution in [-0.4, -0.2) is 14.6 Å². The van der Waals surface area contributed by atoms with Gasteiger partial charge in [-0.15, -0.1) is 0 Å². The molecule has 0 atom stereocenters. The molecule has 0 aliphatic heterocycles. The highest BCUT2D eigenvalue weighted by molar-refractivity contribution is 5.59. The first-order valence-electron chi connectivity index (χ1n) is 4.26. The van der Waals surface area contributed by atoms with Crippen LogP contribution < -0.4 is 5.43 Å². The van der Waals surface area contributed by atoms with E-state index in [0.29, 0.717) is 5.69 Å². The van der Waals surface area contributed by atoms with Crippen molar-refractivity contribution in [2.75, 3.05) is 5.43 Å². The third kappa shape index (κ3) is 1.93. The van der Waals surface area contributed by atoms with Crippen LogP contribution in [0.5, 0.6) is 0 Å². The number of rotatable bonds is 3. The van der Waals surface area contributed by atoms with Crippen LogP contribution in [0.2, 0.25) is 0 Å². The van der Waals surface area contributed by atoms with Crippen molar-refractivity contribution < 1.29 is 4.92 Å². The molecule has 0 spiro atoms. The Kier molecular flexibility index (Phi) is 2.32. The lowest BCUT2D eigenvalue weighted by Crippen LogP contribution is -2.07. The molecule has 0 aromatic carbocycles. The Hall–Kier alpha value is -2.37. The fourth-order valence-electron chi connectivity index (χ4n) is 1.17. The zero-order chi connectivity index (χ0) is 10.7. The van der Waals surface area contributed by atoms with Crippen LogP contribution in [0.1, 0.15) is 0 Å². The number of nitrogens with zero attached hydrogens (tertiary/aromatic N) is 3. The average Bonchev–Trinajstić information content (AvgIpc) is 2.71. The molecule has 2 aromatic rings. The fraction of sp³-hybridized carbons (Fsp3) is 0. The molecule has 0 aliphatic carbocycles. The van der Waals surface area contributed by atoms with Gasteiger partial charge >= 0.3 is 5.69 Å². The van der Waals surface area contributed by atoms with Crippen molar-refractivity contribution in [2.24, 2.45) is 0 Å². The molecule has 0 fully saturated rings. The molecular weight excluding hydrogens is 196 g/mol. The first-order chi connectivity index (χ1) is 7.27. The second kappa shape index (κ2) is 3.79. The average molecular weight is 204 g/mol. The SMILES string of the molecule is O=[N+]([O-])c1cnccc1Nn1cccc1. The van der Waals surface area contributed by atoms with Crippen LogP contribution >= 0.6 is 0 Å². The first-order valence-corrected chi connectivity index (χ1v) is 4.26. The van der Waals surface area contributed by atoms with Crippen LogP contribution in [0.15, 0.2) is 43.0 Å². The van der Waals surface area contributed by atoms with E-state index in [9.17, 15) is 10.1 Å². The van der Waals surface area contributed by atoms with E-state index in [2.05, 4.69) is 10.4 Å². The van der Waals surface area contributed by atoms with E-state index in [1.54, 1.807) is 23.1 Å². The summed E-state index contributed by atoms with van der Waals surface area (Å²) in [4.78, 5) is 13.9. The van der Waals surface area contributed by atoms with Crippen LogP contribution in [0.3, 0.4) is 0 Å². The second-order valence-electron chi connectivity index (χ2n) is 2.85. The molecule has 2 heterocycles. The summed E-state index contributed by atoms with van der Waals surface area (Å²) in [6, 6.07) is 5.19. The number of hydrogen-bond acceptors (Lipinski definition) is 4. The maximum Gasteiger partial charge on any atom is 0.312 e. The molecule has 15 heavy (non-hydrogen) atoms. The van der Waals surface area contributed by atoms with E-state index >= 15 is 0 Å². The summed E-state index contributed by atoms with van der Waals surface area (Å²) < 4.78 is 1.63. The molecule has 0 aliphatic rings. The molecule has 1 N–H and O–H groups in total. The zero-order valence-corrected chi connectivity index (χ0v) is 7.70. The zero-order valence-electron chi connectivity index (χ0n) is 7.70. The van der Waals surface area contributed by atoms with Crippen LogP contribution in [-0.2, 0) is 0 Å². The largest absolute Gasteiger partial charge is 0.312 e. The summed E-state index contributed by atoms with van der Waals surface area (Å²) in [5.74, 6) is 0. The van der Waals surface area contributed by atoms with E-state index < -0.39 is 4.92 Å². The van der Waals surface area contributed by atoms with Gasteiger partial charge in [0.25, 0.3) is 0 Å². The van der Waals surface area contributed by atoms with Gasteiger partial charge in [-0.2, -0.15) is 0 Å². The molecule has 2 aromatic heterocycles. The number of hydrogen-bond donors (Lipinski definition) is 1. The number of anilines is 1. The minimum Gasteiger partial charge on any atom is -0.288 e. The molecule has 0 bridgehead atoms. The van der Waals surface area contributed by atoms with Gasteiger partial charge in [0.1, 0.15) is 11.9 Å². The molecule has 76 valence electrons. The van der Waals surface area contributed by atoms with Crippen molar-refractivity contribution in [1.29, 1.82) is 0 Å². The van der Waals surface area contributed by atoms with Crippen molar-refractivity contribution >= 4 is 11.4 Å². The van der Waals surface area contributed by atoms with Crippen molar-refractivity contribution in [3.05, 3.63) is 53.1 Å². The summed E-state index contributed by atoms with van der Waals surface area (Å²) in [6.45, 7) is 0. The van der Waals surface area contributed by atoms with E-state index in [-0.39, 0.29) is 5.69 Å². The van der Waals surface area contributed by atoms with Gasteiger partial charge in [-0.05, 0) is 18.2 Å². The summed E-state index contributed by atoms with van der Waals surface area (Å²) >= 11 is 0. The van der Waals surface area contributed by atoms with Gasteiger partial charge in [0.2, 0.25) is 0 Å². The van der Waals surface area contributed by atoms with Crippen LogP contribution in [0.25, 0.3) is 0 Å². The summed E-state index contributed by atoms with van der Waals surface area (Å²) in [6.07, 6.45) is 6.22. The predicted octanol–water partition coefficient (Wildman–Crippen LogP) is 1.67. The van der Waals surface area contributed by atoms with E-state index in [1.807, 2.05) is 12.1 Å². The fourth-order valence-corrected chi connectivity index (χ4v) is 1.17. The number of pyridine rings is 1. The lowest BCUT2D eigenvalue weighted by molar-refractivity contribution is -0.384. The third-order valence-corrected chi connectivity index (χ3v) is 1.85. The van der Waals surface area contributed by atoms with Gasteiger partial charge in [0.05, 0.1) is 4.92 Å². The maximum atomic E-state index is 10.7. The minimum absolute atomic E-state index is 0.0498. The van der Waals surface area contributed by atoms with Gasteiger partial charge < -0.3 is 0 Å². The lowest BCUT2D eigenvalue weighted by Gasteiger charge is -2.06. The third-order valence-electron chi connectivity index (χ3n) is 1.85. The normalized spacial score (nSPS) is 9.87. The Morgan fingerprint density at radius 2 is 2.13 bits per heavy atom. The molecule has 0 unspecified atom stereocenters. The standard InChI is InChI=1S/C9H8N4O2/c14-13(15)9-7-10-4-3-8(9)11-12-5-1-2-6-12/h1-7H,(H,10,11). The van der Waals surface area contributed by atoms with Gasteiger partial charge in [-0.25, -0.2) is 0 Å². The van der Waals surface area contributed by atoms with Gasteiger partial charge in [0.15, 0.2) is 0 Å². The predicted molar refractivity (Wildman–Crippen MR) is 54.3 cm³/mol. The topological polar surface area (TPSA) is 73.0 Å². The van der Waals surface area contributed by atoms with Crippen LogP contribution in [0.4, 0.5) is 11.4 Å². The Balaban J connectivity index is 2.32. The number of nitro groups is 1. The van der Waals surface area contributed by atoms with Gasteiger partial charge in [-0.3, -0.25) is 25.2 Å². The Bertz CT molecular complexity index is 467. The van der Waals surface area contributed by atoms with Gasteiger partial charge in [-0.1, -0.05) is 0 Å². The molecule has 2 rings (SSSR count). The Labute approximate surface area is 85.3 Å². The summed E-state index contributed by atoms with van der Waals surface area (Å²) in [5.41, 5.74) is 3.23. The quantitative estimate of drug-likeness (QED) is 0.609. The van der Waals surface area contributed by atoms with E-state index in [4.69, 9.17) is 0 Å². The minimum atomic E-state index is -0.473. The number of nitrogens with one attached hydrogen (secondary N) is 1. The van der Waals surface area contributed by atoms with Crippen molar-refractivity contribution in [2.45, 2.75) is 0 Å². The van der Waals surface area contributed by atoms with Crippen molar-refractivity contribution in [3.8, 4) is 0 Å². The van der Waals surface area contributed by atoms with Gasteiger partial charge in [0, 0.05) is 18.6 Å². The highest BCUT2D eigenvalue weighted by Gasteiger charge is 2.12. The monoisotopic (exact) mass is 204 g/mol. The first kappa shape index (κ1) is 9.20. The molecule has 6 heteroatoms. The highest BCUT2D eigenvalue weighted by Crippen LogP contribution is 2.21. The molecule has 0 amide bonds. The Morgan fingerprint density at radius 3 is 2.80 bits per heavy atom. The van der Waals surface area contributed by atoms with Crippen LogP contribution in [0, 0.1) is 10.1 Å². The summed E-state index contributed by atoms with van der Waals surface area (Å²) in [7, 11) is 0. The number of aromatic nitrogens is 2. The molecule has 0 radical (unpaired) electrons. The molecule has 0 saturated carbocycles. The highest BCUT2D eigenvalue weighted by atomic mass is 16.6. The maximum absolute atomic E-state index is 10.7. The Morgan fingerprint density at radius 1 is 1.40 bits per heavy atom. The molecule has 0 saturated heterocycles. The molecular formula is C9H8N4O2. The lowest BCUT2D eigenvalue weighted by atomic mass is 10.3. The molecule has 6 nitrogen and oxygen atoms in total. The van der Waals surface area contributed by atoms with E-state index in [0.717, 1.165) is 0 Å². The van der Waals surface area contributed by atoms with Crippen molar-refractivity contribution in [3.63, 3.8) is 0 Å². The van der Waals surface area contributed by atoms with E-state index in [1.165, 1.54) is 12.4 Å². The smallest absolute Gasteiger partial charge is 0.288 e. The van der Waals surface area contributed by atoms with Crippen molar-refractivity contribution in [1.82, 2.24) is 9.66 Å².